The molecule has 1 aromatic carbocycles. The summed E-state index contributed by atoms with van der Waals surface area (Å²) in [4.78, 5) is 27.8. The lowest BCUT2D eigenvalue weighted by atomic mass is 10.1. The number of fused-ring (bicyclic) bond motifs is 1. The Labute approximate surface area is 122 Å². The van der Waals surface area contributed by atoms with Crippen LogP contribution in [0, 0.1) is 0 Å². The van der Waals surface area contributed by atoms with Crippen molar-refractivity contribution in [2.75, 3.05) is 25.4 Å². The minimum absolute atomic E-state index is 0.107. The Hall–Kier alpha value is -1.75. The lowest BCUT2D eigenvalue weighted by Crippen LogP contribution is -2.53. The van der Waals surface area contributed by atoms with Crippen LogP contribution in [0.15, 0.2) is 18.2 Å². The lowest BCUT2D eigenvalue weighted by Gasteiger charge is -2.37. The van der Waals surface area contributed by atoms with Crippen LogP contribution in [0.25, 0.3) is 0 Å². The number of nitrogen functional groups attached to an aromatic ring is 1. The van der Waals surface area contributed by atoms with Crippen LogP contribution in [0.2, 0.25) is 5.02 Å². The van der Waals surface area contributed by atoms with Crippen LogP contribution in [0.1, 0.15) is 23.2 Å². The molecule has 2 aliphatic heterocycles. The monoisotopic (exact) mass is 293 g/mol. The third kappa shape index (κ3) is 2.12. The zero-order chi connectivity index (χ0) is 14.3. The van der Waals surface area contributed by atoms with Gasteiger partial charge in [-0.1, -0.05) is 17.7 Å². The Balaban J connectivity index is 1.79. The fourth-order valence-corrected chi connectivity index (χ4v) is 3.12. The summed E-state index contributed by atoms with van der Waals surface area (Å²) in [6.07, 6.45) is 1.42. The summed E-state index contributed by atoms with van der Waals surface area (Å²) in [6.45, 7) is 1.74. The van der Waals surface area contributed by atoms with E-state index in [1.807, 2.05) is 4.90 Å². The standard InChI is InChI=1S/C14H16ClN3O2/c15-11-3-1-2-10(13(11)16)14(20)17-6-7-18-9(8-17)4-5-12(18)19/h1-3,9H,4-8,16H2. The normalized spacial score (nSPS) is 22.1. The largest absolute Gasteiger partial charge is 0.397 e. The van der Waals surface area contributed by atoms with Gasteiger partial charge in [-0.15, -0.1) is 0 Å². The van der Waals surface area contributed by atoms with Crippen molar-refractivity contribution in [3.63, 3.8) is 0 Å². The van der Waals surface area contributed by atoms with Gasteiger partial charge in [-0.05, 0) is 18.6 Å². The Bertz CT molecular complexity index is 576. The Morgan fingerprint density at radius 2 is 2.15 bits per heavy atom. The Morgan fingerprint density at radius 3 is 2.95 bits per heavy atom. The topological polar surface area (TPSA) is 66.6 Å². The predicted octanol–water partition coefficient (Wildman–Crippen LogP) is 1.37. The summed E-state index contributed by atoms with van der Waals surface area (Å²) in [5.74, 6) is 0.0911. The van der Waals surface area contributed by atoms with Crippen LogP contribution in [0.3, 0.4) is 0 Å². The van der Waals surface area contributed by atoms with Crippen molar-refractivity contribution < 1.29 is 9.59 Å². The summed E-state index contributed by atoms with van der Waals surface area (Å²) in [6, 6.07) is 5.23. The summed E-state index contributed by atoms with van der Waals surface area (Å²) in [5.41, 5.74) is 6.64. The van der Waals surface area contributed by atoms with Crippen LogP contribution in [0.4, 0.5) is 5.69 Å². The summed E-state index contributed by atoms with van der Waals surface area (Å²) in [5, 5.41) is 0.394. The molecule has 106 valence electrons. The van der Waals surface area contributed by atoms with E-state index in [0.29, 0.717) is 42.3 Å². The molecule has 0 bridgehead atoms. The number of nitrogens with zero attached hydrogens (tertiary/aromatic N) is 2. The van der Waals surface area contributed by atoms with Gasteiger partial charge in [0.05, 0.1) is 16.3 Å². The molecule has 0 radical (unpaired) electrons. The van der Waals surface area contributed by atoms with Gasteiger partial charge >= 0.3 is 0 Å². The SMILES string of the molecule is Nc1c(Cl)cccc1C(=O)N1CCN2C(=O)CCC2C1. The number of piperazine rings is 1. The molecule has 0 saturated carbocycles. The highest BCUT2D eigenvalue weighted by atomic mass is 35.5. The first-order valence-corrected chi connectivity index (χ1v) is 7.08. The highest BCUT2D eigenvalue weighted by Gasteiger charge is 2.37. The zero-order valence-corrected chi connectivity index (χ0v) is 11.8. The number of benzene rings is 1. The first-order valence-electron chi connectivity index (χ1n) is 6.70. The molecular formula is C14H16ClN3O2. The van der Waals surface area contributed by atoms with E-state index in [0.717, 1.165) is 6.42 Å². The molecule has 0 aliphatic carbocycles. The Kier molecular flexibility index (Phi) is 3.30. The van der Waals surface area contributed by atoms with Gasteiger partial charge in [0.25, 0.3) is 5.91 Å². The summed E-state index contributed by atoms with van der Waals surface area (Å²) >= 11 is 5.96. The maximum atomic E-state index is 12.5. The number of halogens is 1. The second-order valence-corrected chi connectivity index (χ2v) is 5.64. The quantitative estimate of drug-likeness (QED) is 0.795. The molecule has 2 aliphatic rings. The molecule has 6 heteroatoms. The first kappa shape index (κ1) is 13.2. The third-order valence-electron chi connectivity index (χ3n) is 4.07. The van der Waals surface area contributed by atoms with Crippen molar-refractivity contribution in [1.29, 1.82) is 0 Å². The van der Waals surface area contributed by atoms with Crippen LogP contribution in [0.5, 0.6) is 0 Å². The minimum atomic E-state index is -0.107. The first-order chi connectivity index (χ1) is 9.58. The van der Waals surface area contributed by atoms with E-state index in [1.165, 1.54) is 0 Å². The van der Waals surface area contributed by atoms with Crippen LogP contribution < -0.4 is 5.73 Å². The van der Waals surface area contributed by atoms with Crippen LogP contribution in [-0.2, 0) is 4.79 Å². The number of amides is 2. The third-order valence-corrected chi connectivity index (χ3v) is 4.39. The van der Waals surface area contributed by atoms with Gasteiger partial charge in [-0.2, -0.15) is 0 Å². The molecule has 0 aromatic heterocycles. The minimum Gasteiger partial charge on any atom is -0.397 e. The highest BCUT2D eigenvalue weighted by Crippen LogP contribution is 2.27. The lowest BCUT2D eigenvalue weighted by molar-refractivity contribution is -0.130. The molecule has 2 N–H and O–H groups in total. The maximum absolute atomic E-state index is 12.5. The van der Waals surface area contributed by atoms with E-state index in [4.69, 9.17) is 17.3 Å². The maximum Gasteiger partial charge on any atom is 0.256 e. The highest BCUT2D eigenvalue weighted by molar-refractivity contribution is 6.33. The van der Waals surface area contributed by atoms with Crippen molar-refractivity contribution in [3.8, 4) is 0 Å². The summed E-state index contributed by atoms with van der Waals surface area (Å²) in [7, 11) is 0. The molecule has 2 heterocycles. The van der Waals surface area contributed by atoms with Crippen molar-refractivity contribution >= 4 is 29.1 Å². The fourth-order valence-electron chi connectivity index (χ4n) is 2.94. The zero-order valence-electron chi connectivity index (χ0n) is 11.0. The average Bonchev–Trinajstić information content (AvgIpc) is 2.82. The molecular weight excluding hydrogens is 278 g/mol. The number of carbonyl (C=O) groups excluding carboxylic acids is 2. The van der Waals surface area contributed by atoms with Gasteiger partial charge in [0.1, 0.15) is 0 Å². The van der Waals surface area contributed by atoms with Gasteiger partial charge < -0.3 is 15.5 Å². The van der Waals surface area contributed by atoms with Gasteiger partial charge in [0.15, 0.2) is 0 Å². The van der Waals surface area contributed by atoms with Crippen molar-refractivity contribution in [1.82, 2.24) is 9.80 Å². The Morgan fingerprint density at radius 1 is 1.35 bits per heavy atom. The number of hydrogen-bond acceptors (Lipinski definition) is 3. The second-order valence-electron chi connectivity index (χ2n) is 5.23. The number of para-hydroxylation sites is 1. The molecule has 2 amide bonds. The van der Waals surface area contributed by atoms with Crippen molar-refractivity contribution in [3.05, 3.63) is 28.8 Å². The van der Waals surface area contributed by atoms with E-state index in [9.17, 15) is 9.59 Å². The van der Waals surface area contributed by atoms with Crippen LogP contribution in [-0.4, -0.2) is 47.3 Å². The molecule has 5 nitrogen and oxygen atoms in total. The fraction of sp³-hybridized carbons (Fsp3) is 0.429. The second kappa shape index (κ2) is 4.98. The van der Waals surface area contributed by atoms with E-state index < -0.39 is 0 Å². The molecule has 2 saturated heterocycles. The van der Waals surface area contributed by atoms with Gasteiger partial charge in [-0.3, -0.25) is 9.59 Å². The number of anilines is 1. The molecule has 1 unspecified atom stereocenters. The molecule has 1 aromatic rings. The summed E-state index contributed by atoms with van der Waals surface area (Å²) < 4.78 is 0. The van der Waals surface area contributed by atoms with Gasteiger partial charge in [-0.25, -0.2) is 0 Å². The van der Waals surface area contributed by atoms with E-state index in [-0.39, 0.29) is 17.9 Å². The van der Waals surface area contributed by atoms with Crippen molar-refractivity contribution in [2.24, 2.45) is 0 Å². The molecule has 3 rings (SSSR count). The molecule has 2 fully saturated rings. The smallest absolute Gasteiger partial charge is 0.256 e. The van der Waals surface area contributed by atoms with Crippen molar-refractivity contribution in [2.45, 2.75) is 18.9 Å². The van der Waals surface area contributed by atoms with E-state index in [1.54, 1.807) is 23.1 Å². The predicted molar refractivity (Wildman–Crippen MR) is 76.5 cm³/mol. The molecule has 0 spiro atoms. The van der Waals surface area contributed by atoms with E-state index >= 15 is 0 Å². The number of hydrogen-bond donors (Lipinski definition) is 1. The molecule has 20 heavy (non-hydrogen) atoms. The average molecular weight is 294 g/mol. The number of carbonyl (C=O) groups is 2. The van der Waals surface area contributed by atoms with Gasteiger partial charge in [0.2, 0.25) is 5.91 Å². The molecule has 1 atom stereocenters. The van der Waals surface area contributed by atoms with E-state index in [2.05, 4.69) is 0 Å². The number of rotatable bonds is 1. The van der Waals surface area contributed by atoms with Gasteiger partial charge in [0, 0.05) is 32.1 Å². The number of nitrogens with two attached hydrogens (primary N) is 1. The van der Waals surface area contributed by atoms with Crippen LogP contribution >= 0.6 is 11.6 Å².